The highest BCUT2D eigenvalue weighted by molar-refractivity contribution is 7.89. The number of hydrogen-bond acceptors (Lipinski definition) is 4. The molecule has 6 nitrogen and oxygen atoms in total. The Morgan fingerprint density at radius 1 is 1.33 bits per heavy atom. The topological polar surface area (TPSA) is 98.5 Å². The maximum absolute atomic E-state index is 12.4. The van der Waals surface area contributed by atoms with Gasteiger partial charge in [-0.2, -0.15) is 0 Å². The number of ether oxygens (including phenoxy) is 1. The van der Waals surface area contributed by atoms with Gasteiger partial charge in [0.1, 0.15) is 0 Å². The molecule has 1 amide bonds. The van der Waals surface area contributed by atoms with E-state index in [0.717, 1.165) is 12.8 Å². The average Bonchev–Trinajstić information content (AvgIpc) is 2.66. The van der Waals surface area contributed by atoms with Gasteiger partial charge in [0.2, 0.25) is 15.9 Å². The first-order valence-electron chi connectivity index (χ1n) is 6.90. The van der Waals surface area contributed by atoms with E-state index in [1.165, 1.54) is 12.1 Å². The van der Waals surface area contributed by atoms with E-state index in [1.54, 1.807) is 13.0 Å². The number of primary amides is 1. The summed E-state index contributed by atoms with van der Waals surface area (Å²) in [5.74, 6) is -0.632. The molecule has 0 bridgehead atoms. The minimum Gasteiger partial charge on any atom is -0.381 e. The van der Waals surface area contributed by atoms with Gasteiger partial charge in [-0.05, 0) is 43.9 Å². The van der Waals surface area contributed by atoms with Crippen LogP contribution in [0.2, 0.25) is 0 Å². The Morgan fingerprint density at radius 3 is 2.81 bits per heavy atom. The van der Waals surface area contributed by atoms with Gasteiger partial charge in [-0.15, -0.1) is 0 Å². The minimum atomic E-state index is -3.66. The number of carbonyl (C=O) groups excluding carboxylic acids is 1. The van der Waals surface area contributed by atoms with E-state index in [2.05, 4.69) is 4.72 Å². The van der Waals surface area contributed by atoms with Crippen molar-refractivity contribution in [1.82, 2.24) is 4.72 Å². The summed E-state index contributed by atoms with van der Waals surface area (Å²) in [4.78, 5) is 11.4. The monoisotopic (exact) mass is 312 g/mol. The molecule has 1 aromatic carbocycles. The second kappa shape index (κ2) is 6.55. The predicted molar refractivity (Wildman–Crippen MR) is 78.5 cm³/mol. The molecule has 1 aromatic rings. The third-order valence-electron chi connectivity index (χ3n) is 3.56. The maximum Gasteiger partial charge on any atom is 0.249 e. The summed E-state index contributed by atoms with van der Waals surface area (Å²) in [6.07, 6.45) is 2.22. The lowest BCUT2D eigenvalue weighted by Gasteiger charge is -2.16. The normalized spacial score (nSPS) is 20.0. The number of hydrogen-bond donors (Lipinski definition) is 2. The van der Waals surface area contributed by atoms with Gasteiger partial charge in [-0.1, -0.05) is 6.07 Å². The molecule has 1 aliphatic rings. The number of rotatable bonds is 4. The molecule has 1 heterocycles. The van der Waals surface area contributed by atoms with Crippen LogP contribution in [0.15, 0.2) is 23.1 Å². The molecule has 1 atom stereocenters. The van der Waals surface area contributed by atoms with Crippen molar-refractivity contribution < 1.29 is 17.9 Å². The first-order valence-corrected chi connectivity index (χ1v) is 8.39. The molecule has 2 rings (SSSR count). The number of aryl methyl sites for hydroxylation is 1. The molecule has 3 N–H and O–H groups in total. The van der Waals surface area contributed by atoms with Crippen molar-refractivity contribution in [2.24, 2.45) is 5.73 Å². The Morgan fingerprint density at radius 2 is 2.10 bits per heavy atom. The van der Waals surface area contributed by atoms with E-state index >= 15 is 0 Å². The Labute approximate surface area is 124 Å². The average molecular weight is 312 g/mol. The van der Waals surface area contributed by atoms with Gasteiger partial charge in [0.25, 0.3) is 0 Å². The van der Waals surface area contributed by atoms with Crippen LogP contribution in [-0.4, -0.2) is 33.6 Å². The summed E-state index contributed by atoms with van der Waals surface area (Å²) in [6, 6.07) is 4.26. The Bertz CT molecular complexity index is 620. The molecule has 0 saturated carbocycles. The number of sulfonamides is 1. The summed E-state index contributed by atoms with van der Waals surface area (Å²) >= 11 is 0. The van der Waals surface area contributed by atoms with Crippen molar-refractivity contribution in [2.45, 2.75) is 37.1 Å². The van der Waals surface area contributed by atoms with E-state index in [1.807, 2.05) is 0 Å². The minimum absolute atomic E-state index is 0.0621. The summed E-state index contributed by atoms with van der Waals surface area (Å²) in [5, 5.41) is 0. The highest BCUT2D eigenvalue weighted by atomic mass is 32.2. The van der Waals surface area contributed by atoms with Gasteiger partial charge in [-0.25, -0.2) is 13.1 Å². The van der Waals surface area contributed by atoms with E-state index < -0.39 is 15.9 Å². The third kappa shape index (κ3) is 4.03. The highest BCUT2D eigenvalue weighted by Crippen LogP contribution is 2.17. The zero-order valence-corrected chi connectivity index (χ0v) is 12.8. The van der Waals surface area contributed by atoms with Gasteiger partial charge in [-0.3, -0.25) is 4.79 Å². The SMILES string of the molecule is Cc1ccc(S(=O)(=O)NC2CCCOCC2)cc1C(N)=O. The number of nitrogens with two attached hydrogens (primary N) is 1. The Hall–Kier alpha value is -1.44. The second-order valence-electron chi connectivity index (χ2n) is 5.20. The van der Waals surface area contributed by atoms with Crippen molar-refractivity contribution in [3.63, 3.8) is 0 Å². The first kappa shape index (κ1) is 15.9. The highest BCUT2D eigenvalue weighted by Gasteiger charge is 2.22. The lowest BCUT2D eigenvalue weighted by Crippen LogP contribution is -2.35. The fraction of sp³-hybridized carbons (Fsp3) is 0.500. The summed E-state index contributed by atoms with van der Waals surface area (Å²) in [6.45, 7) is 2.93. The number of carbonyl (C=O) groups is 1. The van der Waals surface area contributed by atoms with E-state index in [0.29, 0.717) is 25.2 Å². The molecule has 0 radical (unpaired) electrons. The molecule has 0 spiro atoms. The zero-order valence-electron chi connectivity index (χ0n) is 12.0. The number of benzene rings is 1. The molecule has 21 heavy (non-hydrogen) atoms. The maximum atomic E-state index is 12.4. The predicted octanol–water partition coefficient (Wildman–Crippen LogP) is 0.941. The van der Waals surface area contributed by atoms with Crippen LogP contribution in [0, 0.1) is 6.92 Å². The molecule has 1 aliphatic heterocycles. The summed E-state index contributed by atoms with van der Waals surface area (Å²) in [5.41, 5.74) is 6.14. The van der Waals surface area contributed by atoms with Gasteiger partial charge in [0.05, 0.1) is 4.90 Å². The van der Waals surface area contributed by atoms with Gasteiger partial charge >= 0.3 is 0 Å². The van der Waals surface area contributed by atoms with Crippen LogP contribution in [-0.2, 0) is 14.8 Å². The Kier molecular flexibility index (Phi) is 4.97. The molecule has 1 fully saturated rings. The van der Waals surface area contributed by atoms with E-state index in [-0.39, 0.29) is 16.5 Å². The van der Waals surface area contributed by atoms with Crippen LogP contribution in [0.4, 0.5) is 0 Å². The molecule has 1 unspecified atom stereocenters. The first-order chi connectivity index (χ1) is 9.90. The summed E-state index contributed by atoms with van der Waals surface area (Å²) in [7, 11) is -3.66. The van der Waals surface area contributed by atoms with Crippen LogP contribution in [0.5, 0.6) is 0 Å². The molecular weight excluding hydrogens is 292 g/mol. The standard InChI is InChI=1S/C14H20N2O4S/c1-10-4-5-12(9-13(10)14(15)17)21(18,19)16-11-3-2-7-20-8-6-11/h4-5,9,11,16H,2-3,6-8H2,1H3,(H2,15,17). The van der Waals surface area contributed by atoms with Crippen LogP contribution in [0.25, 0.3) is 0 Å². The molecule has 0 aromatic heterocycles. The molecular formula is C14H20N2O4S. The molecule has 0 aliphatic carbocycles. The van der Waals surface area contributed by atoms with Gasteiger partial charge < -0.3 is 10.5 Å². The smallest absolute Gasteiger partial charge is 0.249 e. The molecule has 7 heteroatoms. The lowest BCUT2D eigenvalue weighted by molar-refractivity contribution is 0.0999. The van der Waals surface area contributed by atoms with Crippen molar-refractivity contribution in [1.29, 1.82) is 0 Å². The van der Waals surface area contributed by atoms with Crippen LogP contribution < -0.4 is 10.5 Å². The van der Waals surface area contributed by atoms with Crippen molar-refractivity contribution in [2.75, 3.05) is 13.2 Å². The second-order valence-corrected chi connectivity index (χ2v) is 6.92. The fourth-order valence-corrected chi connectivity index (χ4v) is 3.67. The third-order valence-corrected chi connectivity index (χ3v) is 5.08. The van der Waals surface area contributed by atoms with Crippen LogP contribution >= 0.6 is 0 Å². The quantitative estimate of drug-likeness (QED) is 0.864. The van der Waals surface area contributed by atoms with Gasteiger partial charge in [0, 0.05) is 24.8 Å². The lowest BCUT2D eigenvalue weighted by atomic mass is 10.1. The van der Waals surface area contributed by atoms with Crippen molar-refractivity contribution >= 4 is 15.9 Å². The van der Waals surface area contributed by atoms with Crippen LogP contribution in [0.1, 0.15) is 35.2 Å². The van der Waals surface area contributed by atoms with Gasteiger partial charge in [0.15, 0.2) is 0 Å². The Balaban J connectivity index is 2.22. The van der Waals surface area contributed by atoms with Crippen molar-refractivity contribution in [3.8, 4) is 0 Å². The number of nitrogens with one attached hydrogen (secondary N) is 1. The zero-order chi connectivity index (χ0) is 15.5. The summed E-state index contributed by atoms with van der Waals surface area (Å²) < 4.78 is 32.8. The molecule has 1 saturated heterocycles. The number of amides is 1. The largest absolute Gasteiger partial charge is 0.381 e. The molecule has 116 valence electrons. The fourth-order valence-electron chi connectivity index (χ4n) is 2.34. The van der Waals surface area contributed by atoms with Crippen molar-refractivity contribution in [3.05, 3.63) is 29.3 Å². The van der Waals surface area contributed by atoms with E-state index in [9.17, 15) is 13.2 Å². The van der Waals surface area contributed by atoms with Crippen LogP contribution in [0.3, 0.4) is 0 Å². The van der Waals surface area contributed by atoms with E-state index in [4.69, 9.17) is 10.5 Å².